The summed E-state index contributed by atoms with van der Waals surface area (Å²) in [6.07, 6.45) is -0.914. The first-order valence-electron chi connectivity index (χ1n) is 5.52. The van der Waals surface area contributed by atoms with Crippen molar-refractivity contribution in [3.05, 3.63) is 22.7 Å². The van der Waals surface area contributed by atoms with Crippen molar-refractivity contribution >= 4 is 37.9 Å². The molecule has 1 aromatic rings. The first kappa shape index (κ1) is 18.0. The van der Waals surface area contributed by atoms with Gasteiger partial charge in [0, 0.05) is 4.47 Å². The molecule has 0 heterocycles. The second-order valence-electron chi connectivity index (χ2n) is 5.24. The number of halogens is 6. The van der Waals surface area contributed by atoms with E-state index in [4.69, 9.17) is 4.74 Å². The summed E-state index contributed by atoms with van der Waals surface area (Å²) in [7, 11) is -9.75. The van der Waals surface area contributed by atoms with Crippen LogP contribution in [0.3, 0.4) is 0 Å². The van der Waals surface area contributed by atoms with Gasteiger partial charge in [-0.1, -0.05) is 19.4 Å². The topological polar surface area (TPSA) is 38.3 Å². The quantitative estimate of drug-likeness (QED) is 0.581. The summed E-state index contributed by atoms with van der Waals surface area (Å²) < 4.78 is 67.6. The number of rotatable bonds is 2. The van der Waals surface area contributed by atoms with Crippen molar-refractivity contribution in [2.75, 3.05) is 5.32 Å². The first-order valence-corrected chi connectivity index (χ1v) is 8.26. The van der Waals surface area contributed by atoms with E-state index in [1.54, 1.807) is 20.8 Å². The molecule has 0 aromatic heterocycles. The fraction of sp³-hybridized carbons (Fsp3) is 0.364. The predicted molar refractivity (Wildman–Crippen MR) is 75.4 cm³/mol. The standard InChI is InChI=1S/C11H13BrF5NO2S/c1-11(2,3)20-10(19)18-9-5-4-7(6-8(9)12)21(13,14,15,16)17/h4-6H,1-3H3,(H,18,19). The highest BCUT2D eigenvalue weighted by Gasteiger charge is 2.65. The highest BCUT2D eigenvalue weighted by molar-refractivity contribution is 9.10. The number of ether oxygens (including phenoxy) is 1. The van der Waals surface area contributed by atoms with Crippen molar-refractivity contribution in [1.29, 1.82) is 0 Å². The van der Waals surface area contributed by atoms with Crippen molar-refractivity contribution in [3.63, 3.8) is 0 Å². The molecule has 3 nitrogen and oxygen atoms in total. The summed E-state index contributed by atoms with van der Waals surface area (Å²) in [6, 6.07) is 1.15. The third kappa shape index (κ3) is 5.70. The van der Waals surface area contributed by atoms with Gasteiger partial charge in [-0.3, -0.25) is 5.32 Å². The Labute approximate surface area is 126 Å². The number of hydrogen-bond acceptors (Lipinski definition) is 2. The zero-order valence-corrected chi connectivity index (χ0v) is 13.6. The van der Waals surface area contributed by atoms with E-state index in [9.17, 15) is 24.2 Å². The van der Waals surface area contributed by atoms with Gasteiger partial charge >= 0.3 is 16.3 Å². The Morgan fingerprint density at radius 3 is 2.10 bits per heavy atom. The lowest BCUT2D eigenvalue weighted by atomic mass is 10.2. The molecule has 10 heteroatoms. The Morgan fingerprint density at radius 2 is 1.71 bits per heavy atom. The van der Waals surface area contributed by atoms with Gasteiger partial charge in [0.2, 0.25) is 0 Å². The lowest BCUT2D eigenvalue weighted by Gasteiger charge is -2.40. The summed E-state index contributed by atoms with van der Waals surface area (Å²) in [4.78, 5) is 9.43. The Kier molecular flexibility index (Phi) is 3.85. The second kappa shape index (κ2) is 4.48. The van der Waals surface area contributed by atoms with Crippen LogP contribution in [0.25, 0.3) is 0 Å². The Bertz CT molecular complexity index is 582. The van der Waals surface area contributed by atoms with E-state index in [1.165, 1.54) is 0 Å². The molecule has 0 saturated carbocycles. The molecule has 122 valence electrons. The average molecular weight is 398 g/mol. The highest BCUT2D eigenvalue weighted by atomic mass is 79.9. The van der Waals surface area contributed by atoms with Crippen LogP contribution in [0, 0.1) is 0 Å². The van der Waals surface area contributed by atoms with Crippen LogP contribution in [0.2, 0.25) is 0 Å². The van der Waals surface area contributed by atoms with Gasteiger partial charge < -0.3 is 4.74 Å². The molecule has 0 atom stereocenters. The molecule has 0 aliphatic carbocycles. The number of benzene rings is 1. The summed E-state index contributed by atoms with van der Waals surface area (Å²) in [6.45, 7) is 4.79. The Hall–Kier alpha value is -1.03. The minimum absolute atomic E-state index is 0.116. The van der Waals surface area contributed by atoms with Crippen LogP contribution in [-0.2, 0) is 4.74 Å². The third-order valence-corrected chi connectivity index (χ3v) is 3.82. The van der Waals surface area contributed by atoms with Gasteiger partial charge in [-0.25, -0.2) is 4.79 Å². The highest BCUT2D eigenvalue weighted by Crippen LogP contribution is 3.02. The van der Waals surface area contributed by atoms with Crippen LogP contribution >= 0.6 is 26.2 Å². The van der Waals surface area contributed by atoms with Gasteiger partial charge in [-0.15, -0.1) is 0 Å². The van der Waals surface area contributed by atoms with E-state index < -0.39 is 26.8 Å². The van der Waals surface area contributed by atoms with E-state index >= 15 is 0 Å². The molecule has 1 N–H and O–H groups in total. The van der Waals surface area contributed by atoms with Crippen molar-refractivity contribution in [1.82, 2.24) is 0 Å². The maximum absolute atomic E-state index is 12.6. The molecule has 1 aromatic carbocycles. The Morgan fingerprint density at radius 1 is 1.19 bits per heavy atom. The van der Waals surface area contributed by atoms with E-state index in [-0.39, 0.29) is 22.3 Å². The van der Waals surface area contributed by atoms with E-state index in [0.29, 0.717) is 0 Å². The zero-order chi connectivity index (χ0) is 16.8. The summed E-state index contributed by atoms with van der Waals surface area (Å²) >= 11 is 2.71. The van der Waals surface area contributed by atoms with Gasteiger partial charge in [-0.2, -0.15) is 0 Å². The van der Waals surface area contributed by atoms with Crippen molar-refractivity contribution in [3.8, 4) is 0 Å². The SMILES string of the molecule is CC(C)(C)OC(=O)Nc1ccc(S(F)(F)(F)(F)F)cc1Br. The molecule has 21 heavy (non-hydrogen) atoms. The van der Waals surface area contributed by atoms with E-state index in [0.717, 1.165) is 6.07 Å². The second-order valence-corrected chi connectivity index (χ2v) is 8.50. The predicted octanol–water partition coefficient (Wildman–Crippen LogP) is 6.45. The lowest BCUT2D eigenvalue weighted by Crippen LogP contribution is -2.27. The van der Waals surface area contributed by atoms with Crippen molar-refractivity contribution in [2.45, 2.75) is 31.3 Å². The maximum atomic E-state index is 12.6. The van der Waals surface area contributed by atoms with Gasteiger partial charge in [0.15, 0.2) is 0 Å². The minimum atomic E-state index is -9.75. The number of hydrogen-bond donors (Lipinski definition) is 1. The van der Waals surface area contributed by atoms with E-state index in [2.05, 4.69) is 21.2 Å². The molecule has 0 radical (unpaired) electrons. The molecule has 0 saturated heterocycles. The largest absolute Gasteiger partial charge is 0.444 e. The molecule has 0 aliphatic heterocycles. The maximum Gasteiger partial charge on any atom is 0.412 e. The van der Waals surface area contributed by atoms with Crippen LogP contribution in [0.4, 0.5) is 29.9 Å². The van der Waals surface area contributed by atoms with Crippen LogP contribution in [0.15, 0.2) is 27.6 Å². The number of carbonyl (C=O) groups excluding carboxylic acids is 1. The molecule has 1 amide bonds. The van der Waals surface area contributed by atoms with Crippen molar-refractivity contribution in [2.24, 2.45) is 0 Å². The molecular formula is C11H13BrF5NO2S. The molecule has 0 aliphatic rings. The normalized spacial score (nSPS) is 15.9. The fourth-order valence-corrected chi connectivity index (χ4v) is 2.55. The minimum Gasteiger partial charge on any atom is -0.444 e. The van der Waals surface area contributed by atoms with Gasteiger partial charge in [0.25, 0.3) is 0 Å². The molecule has 0 unspecified atom stereocenters. The molecule has 1 rings (SSSR count). The summed E-state index contributed by atoms with van der Waals surface area (Å²) in [5.41, 5.74) is -0.921. The first-order chi connectivity index (χ1) is 8.98. The Balaban J connectivity index is 3.04. The number of amides is 1. The smallest absolute Gasteiger partial charge is 0.412 e. The molecule has 0 spiro atoms. The average Bonchev–Trinajstić information content (AvgIpc) is 2.14. The van der Waals surface area contributed by atoms with Gasteiger partial charge in [-0.05, 0) is 54.9 Å². The summed E-state index contributed by atoms with van der Waals surface area (Å²) in [5, 5.41) is 2.16. The molecule has 0 bridgehead atoms. The van der Waals surface area contributed by atoms with Crippen molar-refractivity contribution < 1.29 is 29.0 Å². The van der Waals surface area contributed by atoms with Crippen LogP contribution < -0.4 is 5.32 Å². The number of anilines is 1. The fourth-order valence-electron chi connectivity index (χ4n) is 1.25. The van der Waals surface area contributed by atoms with Gasteiger partial charge in [0.05, 0.1) is 5.69 Å². The van der Waals surface area contributed by atoms with E-state index in [1.807, 2.05) is 0 Å². The molecule has 0 fully saturated rings. The third-order valence-electron chi connectivity index (χ3n) is 2.02. The number of carbonyl (C=O) groups is 1. The summed E-state index contributed by atoms with van der Waals surface area (Å²) in [5.74, 6) is 0. The molecular weight excluding hydrogens is 385 g/mol. The monoisotopic (exact) mass is 397 g/mol. The van der Waals surface area contributed by atoms with Crippen LogP contribution in [0.5, 0.6) is 0 Å². The van der Waals surface area contributed by atoms with Crippen LogP contribution in [0.1, 0.15) is 20.8 Å². The van der Waals surface area contributed by atoms with Gasteiger partial charge in [0.1, 0.15) is 10.5 Å². The number of nitrogens with one attached hydrogen (secondary N) is 1. The van der Waals surface area contributed by atoms with Crippen LogP contribution in [-0.4, -0.2) is 11.7 Å². The lowest BCUT2D eigenvalue weighted by molar-refractivity contribution is 0.0636. The zero-order valence-electron chi connectivity index (χ0n) is 11.2.